The van der Waals surface area contributed by atoms with E-state index in [0.717, 1.165) is 18.7 Å². The molecule has 2 rings (SSSR count). The molecule has 1 saturated carbocycles. The summed E-state index contributed by atoms with van der Waals surface area (Å²) in [6, 6.07) is 5.78. The number of rotatable bonds is 5. The fourth-order valence-corrected chi connectivity index (χ4v) is 3.10. The Morgan fingerprint density at radius 2 is 1.95 bits per heavy atom. The molecule has 19 heavy (non-hydrogen) atoms. The van der Waals surface area contributed by atoms with Crippen molar-refractivity contribution >= 4 is 0 Å². The van der Waals surface area contributed by atoms with Crippen LogP contribution in [0.2, 0.25) is 0 Å². The van der Waals surface area contributed by atoms with E-state index in [0.29, 0.717) is 11.3 Å². The van der Waals surface area contributed by atoms with Crippen LogP contribution in [-0.2, 0) is 6.54 Å². The van der Waals surface area contributed by atoms with Gasteiger partial charge >= 0.3 is 0 Å². The molecular weight excluding hydrogens is 236 g/mol. The zero-order chi connectivity index (χ0) is 13.9. The normalized spacial score (nSPS) is 18.1. The van der Waals surface area contributed by atoms with Gasteiger partial charge in [-0.25, -0.2) is 0 Å². The second kappa shape index (κ2) is 5.93. The Morgan fingerprint density at radius 1 is 1.26 bits per heavy atom. The van der Waals surface area contributed by atoms with Crippen LogP contribution < -0.4 is 5.32 Å². The number of hydrogen-bond acceptors (Lipinski definition) is 3. The highest BCUT2D eigenvalue weighted by atomic mass is 16.3. The third-order valence-electron chi connectivity index (χ3n) is 4.49. The monoisotopic (exact) mass is 262 g/mol. The Labute approximate surface area is 116 Å². The van der Waals surface area contributed by atoms with E-state index in [-0.39, 0.29) is 0 Å². The van der Waals surface area contributed by atoms with Gasteiger partial charge in [0.25, 0.3) is 0 Å². The summed E-state index contributed by atoms with van der Waals surface area (Å²) >= 11 is 0. The number of benzene rings is 1. The van der Waals surface area contributed by atoms with Gasteiger partial charge in [-0.3, -0.25) is 0 Å². The van der Waals surface area contributed by atoms with Crippen LogP contribution in [0.3, 0.4) is 0 Å². The average molecular weight is 262 g/mol. The molecule has 0 radical (unpaired) electrons. The van der Waals surface area contributed by atoms with Gasteiger partial charge in [-0.15, -0.1) is 0 Å². The summed E-state index contributed by atoms with van der Waals surface area (Å²) in [6.07, 6.45) is 5.20. The van der Waals surface area contributed by atoms with Gasteiger partial charge in [0.05, 0.1) is 0 Å². The summed E-state index contributed by atoms with van der Waals surface area (Å²) in [5.41, 5.74) is 2.49. The predicted octanol–water partition coefficient (Wildman–Crippen LogP) is 2.66. The Bertz CT molecular complexity index is 423. The van der Waals surface area contributed by atoms with E-state index in [1.807, 2.05) is 6.07 Å². The smallest absolute Gasteiger partial charge is 0.120 e. The number of aryl methyl sites for hydroxylation is 1. The van der Waals surface area contributed by atoms with E-state index in [4.69, 9.17) is 0 Å². The molecule has 0 atom stereocenters. The Hall–Kier alpha value is -1.06. The van der Waals surface area contributed by atoms with Crippen LogP contribution in [-0.4, -0.2) is 36.2 Å². The van der Waals surface area contributed by atoms with Crippen molar-refractivity contribution < 1.29 is 5.11 Å². The second-order valence-electron chi connectivity index (χ2n) is 6.06. The van der Waals surface area contributed by atoms with Crippen molar-refractivity contribution in [3.63, 3.8) is 0 Å². The highest BCUT2D eigenvalue weighted by Crippen LogP contribution is 2.33. The van der Waals surface area contributed by atoms with E-state index in [9.17, 15) is 5.11 Å². The molecule has 2 N–H and O–H groups in total. The molecule has 1 aliphatic rings. The minimum absolute atomic E-state index is 0.305. The summed E-state index contributed by atoms with van der Waals surface area (Å²) in [5.74, 6) is 0.392. The lowest BCUT2D eigenvalue weighted by Crippen LogP contribution is -2.49. The minimum Gasteiger partial charge on any atom is -0.508 e. The number of nitrogens with one attached hydrogen (secondary N) is 1. The van der Waals surface area contributed by atoms with Crippen molar-refractivity contribution in [3.05, 3.63) is 29.3 Å². The van der Waals surface area contributed by atoms with Crippen molar-refractivity contribution in [3.8, 4) is 5.75 Å². The molecule has 0 heterocycles. The highest BCUT2D eigenvalue weighted by molar-refractivity contribution is 5.35. The maximum atomic E-state index is 9.85. The van der Waals surface area contributed by atoms with E-state index < -0.39 is 0 Å². The fourth-order valence-electron chi connectivity index (χ4n) is 3.10. The fraction of sp³-hybridized carbons (Fsp3) is 0.625. The summed E-state index contributed by atoms with van der Waals surface area (Å²) < 4.78 is 0. The molecule has 3 heteroatoms. The third kappa shape index (κ3) is 3.28. The first kappa shape index (κ1) is 14.4. The van der Waals surface area contributed by atoms with E-state index in [2.05, 4.69) is 37.3 Å². The van der Waals surface area contributed by atoms with Crippen LogP contribution in [0, 0.1) is 6.92 Å². The summed E-state index contributed by atoms with van der Waals surface area (Å²) in [7, 11) is 4.36. The van der Waals surface area contributed by atoms with Crippen molar-refractivity contribution in [2.45, 2.75) is 44.7 Å². The number of phenols is 1. The maximum Gasteiger partial charge on any atom is 0.120 e. The number of likely N-dealkylation sites (N-methyl/N-ethyl adjacent to an activating group) is 1. The first-order chi connectivity index (χ1) is 9.03. The maximum absolute atomic E-state index is 9.85. The lowest BCUT2D eigenvalue weighted by atomic mass is 9.96. The average Bonchev–Trinajstić information content (AvgIpc) is 2.84. The molecule has 0 unspecified atom stereocenters. The van der Waals surface area contributed by atoms with Gasteiger partial charge in [-0.1, -0.05) is 30.5 Å². The molecule has 1 fully saturated rings. The zero-order valence-corrected chi connectivity index (χ0v) is 12.4. The van der Waals surface area contributed by atoms with Gasteiger partial charge < -0.3 is 15.3 Å². The Morgan fingerprint density at radius 3 is 2.58 bits per heavy atom. The quantitative estimate of drug-likeness (QED) is 0.856. The zero-order valence-electron chi connectivity index (χ0n) is 12.4. The number of phenolic OH excluding ortho intramolecular Hbond substituents is 1. The molecular formula is C16H26N2O. The van der Waals surface area contributed by atoms with Gasteiger partial charge in [0.2, 0.25) is 0 Å². The van der Waals surface area contributed by atoms with Gasteiger partial charge in [0.1, 0.15) is 5.75 Å². The first-order valence-corrected chi connectivity index (χ1v) is 7.20. The largest absolute Gasteiger partial charge is 0.508 e. The van der Waals surface area contributed by atoms with E-state index >= 15 is 0 Å². The Kier molecular flexibility index (Phi) is 4.48. The lowest BCUT2D eigenvalue weighted by Gasteiger charge is -2.36. The van der Waals surface area contributed by atoms with Crippen LogP contribution in [0.5, 0.6) is 5.75 Å². The van der Waals surface area contributed by atoms with Crippen LogP contribution in [0.15, 0.2) is 18.2 Å². The van der Waals surface area contributed by atoms with Crippen LogP contribution in [0.4, 0.5) is 0 Å². The van der Waals surface area contributed by atoms with E-state index in [1.54, 1.807) is 6.07 Å². The topological polar surface area (TPSA) is 35.5 Å². The number of nitrogens with zero attached hydrogens (tertiary/aromatic N) is 1. The van der Waals surface area contributed by atoms with Gasteiger partial charge in [0, 0.05) is 24.2 Å². The molecule has 106 valence electrons. The molecule has 0 bridgehead atoms. The molecule has 1 aromatic rings. The van der Waals surface area contributed by atoms with Crippen molar-refractivity contribution in [1.82, 2.24) is 10.2 Å². The molecule has 0 aromatic heterocycles. The first-order valence-electron chi connectivity index (χ1n) is 7.20. The summed E-state index contributed by atoms with van der Waals surface area (Å²) in [5, 5.41) is 13.4. The molecule has 0 aliphatic heterocycles. The van der Waals surface area contributed by atoms with Crippen molar-refractivity contribution in [1.29, 1.82) is 0 Å². The van der Waals surface area contributed by atoms with Crippen LogP contribution in [0.25, 0.3) is 0 Å². The third-order valence-corrected chi connectivity index (χ3v) is 4.49. The number of aromatic hydroxyl groups is 1. The molecule has 0 spiro atoms. The van der Waals surface area contributed by atoms with Gasteiger partial charge in [-0.2, -0.15) is 0 Å². The predicted molar refractivity (Wildman–Crippen MR) is 79.4 cm³/mol. The molecule has 0 amide bonds. The molecule has 1 aromatic carbocycles. The summed E-state index contributed by atoms with van der Waals surface area (Å²) in [6.45, 7) is 3.79. The minimum atomic E-state index is 0.305. The van der Waals surface area contributed by atoms with Crippen LogP contribution >= 0.6 is 0 Å². The standard InChI is InChI=1S/C16H26N2O/c1-13-6-7-15(19)14(10-13)11-17-12-16(18(2)3)8-4-5-9-16/h6-7,10,17,19H,4-5,8-9,11-12H2,1-3H3. The van der Waals surface area contributed by atoms with Crippen molar-refractivity contribution in [2.24, 2.45) is 0 Å². The Balaban J connectivity index is 1.94. The highest BCUT2D eigenvalue weighted by Gasteiger charge is 2.35. The van der Waals surface area contributed by atoms with E-state index in [1.165, 1.54) is 31.2 Å². The number of hydrogen-bond donors (Lipinski definition) is 2. The molecule has 3 nitrogen and oxygen atoms in total. The SMILES string of the molecule is Cc1ccc(O)c(CNCC2(N(C)C)CCCC2)c1. The molecule has 1 aliphatic carbocycles. The van der Waals surface area contributed by atoms with Crippen LogP contribution in [0.1, 0.15) is 36.8 Å². The molecule has 0 saturated heterocycles. The lowest BCUT2D eigenvalue weighted by molar-refractivity contribution is 0.153. The van der Waals surface area contributed by atoms with Gasteiger partial charge in [-0.05, 0) is 39.9 Å². The van der Waals surface area contributed by atoms with Crippen molar-refractivity contribution in [2.75, 3.05) is 20.6 Å². The van der Waals surface area contributed by atoms with Gasteiger partial charge in [0.15, 0.2) is 0 Å². The summed E-state index contributed by atoms with van der Waals surface area (Å²) in [4.78, 5) is 2.36. The second-order valence-corrected chi connectivity index (χ2v) is 6.06.